The van der Waals surface area contributed by atoms with Crippen LogP contribution in [0.25, 0.3) is 0 Å². The molecule has 2 rings (SSSR count). The Morgan fingerprint density at radius 1 is 1.35 bits per heavy atom. The summed E-state index contributed by atoms with van der Waals surface area (Å²) >= 11 is 1.72. The van der Waals surface area contributed by atoms with Crippen LogP contribution in [0, 0.1) is 10.1 Å². The number of carboxylic acids is 1. The van der Waals surface area contributed by atoms with E-state index in [2.05, 4.69) is 0 Å². The molecule has 1 saturated carbocycles. The molecule has 1 aliphatic carbocycles. The number of benzene rings is 1. The molecule has 0 unspecified atom stereocenters. The Kier molecular flexibility index (Phi) is 5.00. The second-order valence-electron chi connectivity index (χ2n) is 4.94. The lowest BCUT2D eigenvalue weighted by atomic mass is 10.0. The van der Waals surface area contributed by atoms with Crippen molar-refractivity contribution in [2.24, 2.45) is 0 Å². The number of aromatic carboxylic acids is 1. The number of thioether (sulfide) groups is 1. The summed E-state index contributed by atoms with van der Waals surface area (Å²) in [4.78, 5) is 21.6. The van der Waals surface area contributed by atoms with Crippen molar-refractivity contribution in [2.75, 3.05) is 0 Å². The van der Waals surface area contributed by atoms with Crippen molar-refractivity contribution in [1.82, 2.24) is 0 Å². The quantitative estimate of drug-likeness (QED) is 0.659. The van der Waals surface area contributed by atoms with E-state index in [4.69, 9.17) is 0 Å². The SMILES string of the molecule is O=C(O)c1c(CSC2CCCCC2)cccc1[N+](=O)[O-]. The molecule has 6 heteroatoms. The normalized spacial score (nSPS) is 16.0. The van der Waals surface area contributed by atoms with E-state index in [1.807, 2.05) is 0 Å². The molecule has 0 amide bonds. The largest absolute Gasteiger partial charge is 0.477 e. The summed E-state index contributed by atoms with van der Waals surface area (Å²) in [5.74, 6) is -0.704. The molecular weight excluding hydrogens is 278 g/mol. The number of nitro benzene ring substituents is 1. The van der Waals surface area contributed by atoms with Crippen molar-refractivity contribution in [3.8, 4) is 0 Å². The highest BCUT2D eigenvalue weighted by atomic mass is 32.2. The minimum absolute atomic E-state index is 0.166. The average Bonchev–Trinajstić information content (AvgIpc) is 2.45. The third-order valence-electron chi connectivity index (χ3n) is 3.57. The zero-order chi connectivity index (χ0) is 14.5. The van der Waals surface area contributed by atoms with Gasteiger partial charge in [0.1, 0.15) is 5.56 Å². The highest BCUT2D eigenvalue weighted by Gasteiger charge is 2.24. The lowest BCUT2D eigenvalue weighted by Crippen LogP contribution is -2.10. The van der Waals surface area contributed by atoms with Crippen LogP contribution in [0.3, 0.4) is 0 Å². The van der Waals surface area contributed by atoms with Crippen molar-refractivity contribution < 1.29 is 14.8 Å². The fourth-order valence-corrected chi connectivity index (χ4v) is 3.87. The minimum atomic E-state index is -1.23. The molecule has 0 saturated heterocycles. The van der Waals surface area contributed by atoms with Gasteiger partial charge in [-0.2, -0.15) is 11.8 Å². The Bertz CT molecular complexity index is 512. The van der Waals surface area contributed by atoms with Gasteiger partial charge in [-0.1, -0.05) is 31.4 Å². The second kappa shape index (κ2) is 6.74. The lowest BCUT2D eigenvalue weighted by Gasteiger charge is -2.21. The summed E-state index contributed by atoms with van der Waals surface area (Å²) in [5.41, 5.74) is 0.0577. The van der Waals surface area contributed by atoms with E-state index in [1.165, 1.54) is 25.3 Å². The van der Waals surface area contributed by atoms with Gasteiger partial charge in [-0.05, 0) is 18.4 Å². The van der Waals surface area contributed by atoms with Gasteiger partial charge in [0.15, 0.2) is 0 Å². The van der Waals surface area contributed by atoms with Gasteiger partial charge in [-0.3, -0.25) is 10.1 Å². The van der Waals surface area contributed by atoms with Crippen molar-refractivity contribution in [1.29, 1.82) is 0 Å². The van der Waals surface area contributed by atoms with Crippen molar-refractivity contribution in [2.45, 2.75) is 43.1 Å². The van der Waals surface area contributed by atoms with Crippen LogP contribution < -0.4 is 0 Å². The van der Waals surface area contributed by atoms with Gasteiger partial charge in [0.2, 0.25) is 0 Å². The number of carbonyl (C=O) groups is 1. The standard InChI is InChI=1S/C14H17NO4S/c16-14(17)13-10(5-4-8-12(13)15(18)19)9-20-11-6-2-1-3-7-11/h4-5,8,11H,1-3,6-7,9H2,(H,16,17). The molecule has 0 aliphatic heterocycles. The molecule has 20 heavy (non-hydrogen) atoms. The van der Waals surface area contributed by atoms with Crippen molar-refractivity contribution in [3.05, 3.63) is 39.4 Å². The second-order valence-corrected chi connectivity index (χ2v) is 6.23. The maximum absolute atomic E-state index is 11.3. The van der Waals surface area contributed by atoms with Crippen LogP contribution in [0.4, 0.5) is 5.69 Å². The topological polar surface area (TPSA) is 80.4 Å². The Morgan fingerprint density at radius 3 is 2.65 bits per heavy atom. The van der Waals surface area contributed by atoms with E-state index in [0.29, 0.717) is 16.6 Å². The molecular formula is C14H17NO4S. The number of hydrogen-bond acceptors (Lipinski definition) is 4. The van der Waals surface area contributed by atoms with Crippen LogP contribution in [0.1, 0.15) is 48.0 Å². The maximum Gasteiger partial charge on any atom is 0.343 e. The Labute approximate surface area is 121 Å². The molecule has 1 aromatic carbocycles. The third-order valence-corrected chi connectivity index (χ3v) is 4.99. The monoisotopic (exact) mass is 295 g/mol. The van der Waals surface area contributed by atoms with Gasteiger partial charge in [0.25, 0.3) is 5.69 Å². The molecule has 1 fully saturated rings. The molecule has 0 aromatic heterocycles. The fraction of sp³-hybridized carbons (Fsp3) is 0.500. The summed E-state index contributed by atoms with van der Waals surface area (Å²) in [6.07, 6.45) is 6.02. The van der Waals surface area contributed by atoms with E-state index in [1.54, 1.807) is 23.9 Å². The van der Waals surface area contributed by atoms with E-state index in [-0.39, 0.29) is 11.3 Å². The van der Waals surface area contributed by atoms with Crippen LogP contribution in [0.2, 0.25) is 0 Å². The number of nitrogens with zero attached hydrogens (tertiary/aromatic N) is 1. The van der Waals surface area contributed by atoms with Gasteiger partial charge in [-0.15, -0.1) is 0 Å². The maximum atomic E-state index is 11.3. The van der Waals surface area contributed by atoms with Crippen LogP contribution in [0.5, 0.6) is 0 Å². The Morgan fingerprint density at radius 2 is 2.05 bits per heavy atom. The molecule has 1 aromatic rings. The first-order valence-corrected chi connectivity index (χ1v) is 7.75. The number of carboxylic acid groups (broad SMARTS) is 1. The Hall–Kier alpha value is -1.56. The zero-order valence-corrected chi connectivity index (χ0v) is 11.9. The molecule has 0 atom stereocenters. The van der Waals surface area contributed by atoms with Crippen LogP contribution in [-0.2, 0) is 5.75 Å². The van der Waals surface area contributed by atoms with E-state index in [9.17, 15) is 20.0 Å². The molecule has 0 bridgehead atoms. The summed E-state index contributed by atoms with van der Waals surface area (Å²) in [6.45, 7) is 0. The van der Waals surface area contributed by atoms with Crippen LogP contribution in [-0.4, -0.2) is 21.2 Å². The number of hydrogen-bond donors (Lipinski definition) is 1. The van der Waals surface area contributed by atoms with Gasteiger partial charge in [0, 0.05) is 17.1 Å². The summed E-state index contributed by atoms with van der Waals surface area (Å²) in [7, 11) is 0. The van der Waals surface area contributed by atoms with E-state index >= 15 is 0 Å². The highest BCUT2D eigenvalue weighted by molar-refractivity contribution is 7.99. The number of nitro groups is 1. The third kappa shape index (κ3) is 3.50. The van der Waals surface area contributed by atoms with Gasteiger partial charge in [0.05, 0.1) is 4.92 Å². The van der Waals surface area contributed by atoms with Crippen molar-refractivity contribution >= 4 is 23.4 Å². The van der Waals surface area contributed by atoms with Crippen LogP contribution >= 0.6 is 11.8 Å². The molecule has 5 nitrogen and oxygen atoms in total. The predicted molar refractivity (Wildman–Crippen MR) is 78.2 cm³/mol. The molecule has 0 radical (unpaired) electrons. The van der Waals surface area contributed by atoms with Gasteiger partial charge < -0.3 is 5.11 Å². The smallest absolute Gasteiger partial charge is 0.343 e. The Balaban J connectivity index is 2.16. The highest BCUT2D eigenvalue weighted by Crippen LogP contribution is 2.32. The minimum Gasteiger partial charge on any atom is -0.477 e. The van der Waals surface area contributed by atoms with E-state index in [0.717, 1.165) is 12.8 Å². The molecule has 1 N–H and O–H groups in total. The van der Waals surface area contributed by atoms with Crippen molar-refractivity contribution in [3.63, 3.8) is 0 Å². The summed E-state index contributed by atoms with van der Waals surface area (Å²) in [6, 6.07) is 4.48. The first-order chi connectivity index (χ1) is 9.59. The average molecular weight is 295 g/mol. The summed E-state index contributed by atoms with van der Waals surface area (Å²) in [5, 5.41) is 20.7. The predicted octanol–water partition coefficient (Wildman–Crippen LogP) is 3.86. The van der Waals surface area contributed by atoms with Gasteiger partial charge >= 0.3 is 5.97 Å². The first-order valence-electron chi connectivity index (χ1n) is 6.70. The molecule has 0 spiro atoms. The van der Waals surface area contributed by atoms with E-state index < -0.39 is 10.9 Å². The molecule has 1 aliphatic rings. The first kappa shape index (κ1) is 14.8. The molecule has 0 heterocycles. The molecule has 108 valence electrons. The fourth-order valence-electron chi connectivity index (χ4n) is 2.55. The zero-order valence-electron chi connectivity index (χ0n) is 11.1. The van der Waals surface area contributed by atoms with Gasteiger partial charge in [-0.25, -0.2) is 4.79 Å². The lowest BCUT2D eigenvalue weighted by molar-refractivity contribution is -0.385. The number of rotatable bonds is 5. The summed E-state index contributed by atoms with van der Waals surface area (Å²) < 4.78 is 0. The van der Waals surface area contributed by atoms with Crippen LogP contribution in [0.15, 0.2) is 18.2 Å².